The molecule has 0 heterocycles. The highest BCUT2D eigenvalue weighted by atomic mass is 19.1. The lowest BCUT2D eigenvalue weighted by molar-refractivity contribution is -0.140. The third-order valence-corrected chi connectivity index (χ3v) is 2.28. The Balaban J connectivity index is 2.71. The minimum atomic E-state index is -1.25. The van der Waals surface area contributed by atoms with Crippen LogP contribution in [0.15, 0.2) is 18.2 Å². The summed E-state index contributed by atoms with van der Waals surface area (Å²) in [6, 6.07) is 3.03. The minimum Gasteiger partial charge on any atom is -0.480 e. The van der Waals surface area contributed by atoms with Crippen molar-refractivity contribution in [3.8, 4) is 6.07 Å². The second-order valence-electron chi connectivity index (χ2n) is 3.75. The summed E-state index contributed by atoms with van der Waals surface area (Å²) >= 11 is 0. The number of methoxy groups -OCH3 is 1. The molecular formula is C12H12FN3O4. The number of carboxylic acids is 1. The number of ether oxygens (including phenoxy) is 1. The fourth-order valence-electron chi connectivity index (χ4n) is 1.36. The number of rotatable bonds is 5. The van der Waals surface area contributed by atoms with Crippen LogP contribution in [0.4, 0.5) is 14.9 Å². The lowest BCUT2D eigenvalue weighted by Crippen LogP contribution is -2.45. The first-order valence-corrected chi connectivity index (χ1v) is 5.46. The maximum absolute atomic E-state index is 13.1. The number of benzene rings is 1. The van der Waals surface area contributed by atoms with E-state index in [1.807, 2.05) is 0 Å². The summed E-state index contributed by atoms with van der Waals surface area (Å²) in [6.07, 6.45) is 0. The third kappa shape index (κ3) is 4.22. The molecule has 1 unspecified atom stereocenters. The van der Waals surface area contributed by atoms with Gasteiger partial charge in [0.2, 0.25) is 0 Å². The molecule has 1 rings (SSSR count). The van der Waals surface area contributed by atoms with Gasteiger partial charge in [0.15, 0.2) is 6.04 Å². The van der Waals surface area contributed by atoms with E-state index in [9.17, 15) is 14.0 Å². The minimum absolute atomic E-state index is 0.169. The molecule has 0 aromatic heterocycles. The van der Waals surface area contributed by atoms with Gasteiger partial charge in [0.25, 0.3) is 0 Å². The maximum atomic E-state index is 13.1. The van der Waals surface area contributed by atoms with Gasteiger partial charge in [-0.3, -0.25) is 0 Å². The van der Waals surface area contributed by atoms with E-state index in [1.165, 1.54) is 13.2 Å². The first-order valence-electron chi connectivity index (χ1n) is 5.46. The Morgan fingerprint density at radius 2 is 2.25 bits per heavy atom. The van der Waals surface area contributed by atoms with Crippen LogP contribution in [0.2, 0.25) is 0 Å². The molecule has 0 aliphatic rings. The van der Waals surface area contributed by atoms with Gasteiger partial charge >= 0.3 is 12.0 Å². The van der Waals surface area contributed by atoms with Gasteiger partial charge in [0.1, 0.15) is 11.9 Å². The first-order chi connectivity index (χ1) is 9.47. The number of carbonyl (C=O) groups excluding carboxylic acids is 1. The monoisotopic (exact) mass is 281 g/mol. The van der Waals surface area contributed by atoms with Crippen molar-refractivity contribution in [3.05, 3.63) is 29.6 Å². The molecule has 0 radical (unpaired) electrons. The van der Waals surface area contributed by atoms with Crippen molar-refractivity contribution in [2.24, 2.45) is 0 Å². The predicted molar refractivity (Wildman–Crippen MR) is 66.6 cm³/mol. The summed E-state index contributed by atoms with van der Waals surface area (Å²) in [5, 5.41) is 21.9. The van der Waals surface area contributed by atoms with Crippen molar-refractivity contribution in [1.82, 2.24) is 5.32 Å². The van der Waals surface area contributed by atoms with Crippen molar-refractivity contribution in [1.29, 1.82) is 5.26 Å². The molecule has 1 aromatic carbocycles. The Morgan fingerprint density at radius 3 is 2.80 bits per heavy atom. The Kier molecular flexibility index (Phi) is 5.43. The first kappa shape index (κ1) is 15.4. The van der Waals surface area contributed by atoms with Crippen molar-refractivity contribution in [3.63, 3.8) is 0 Å². The molecule has 106 valence electrons. The zero-order chi connectivity index (χ0) is 15.1. The van der Waals surface area contributed by atoms with Crippen LogP contribution in [0.25, 0.3) is 0 Å². The van der Waals surface area contributed by atoms with E-state index in [2.05, 4.69) is 15.4 Å². The number of nitriles is 1. The summed E-state index contributed by atoms with van der Waals surface area (Å²) in [5.74, 6) is -1.96. The van der Waals surface area contributed by atoms with Gasteiger partial charge in [0.05, 0.1) is 12.2 Å². The Hall–Kier alpha value is -2.66. The van der Waals surface area contributed by atoms with Crippen LogP contribution in [-0.2, 0) is 9.53 Å². The van der Waals surface area contributed by atoms with E-state index in [-0.39, 0.29) is 17.9 Å². The average molecular weight is 281 g/mol. The van der Waals surface area contributed by atoms with Gasteiger partial charge < -0.3 is 20.5 Å². The number of aliphatic carboxylic acids is 1. The lowest BCUT2D eigenvalue weighted by atomic mass is 10.2. The number of halogens is 1. The van der Waals surface area contributed by atoms with Crippen molar-refractivity contribution in [2.75, 3.05) is 19.0 Å². The van der Waals surface area contributed by atoms with Crippen LogP contribution in [0.1, 0.15) is 5.56 Å². The standard InChI is InChI=1S/C12H12FN3O4/c1-20-6-10(11(17)18)16-12(19)15-8-2-3-9(13)7(4-8)5-14/h2-4,10H,6H2,1H3,(H,17,18)(H2,15,16,19). The molecule has 0 aliphatic carbocycles. The van der Waals surface area contributed by atoms with Crippen molar-refractivity contribution >= 4 is 17.7 Å². The Labute approximate surface area is 114 Å². The van der Waals surface area contributed by atoms with Crippen LogP contribution in [0, 0.1) is 17.1 Å². The summed E-state index contributed by atoms with van der Waals surface area (Å²) in [5.41, 5.74) is -0.0588. The summed E-state index contributed by atoms with van der Waals surface area (Å²) in [7, 11) is 1.30. The second-order valence-corrected chi connectivity index (χ2v) is 3.75. The molecule has 1 atom stereocenters. The summed E-state index contributed by atoms with van der Waals surface area (Å²) in [4.78, 5) is 22.4. The zero-order valence-corrected chi connectivity index (χ0v) is 10.5. The van der Waals surface area contributed by atoms with Gasteiger partial charge in [-0.05, 0) is 18.2 Å². The molecule has 7 nitrogen and oxygen atoms in total. The average Bonchev–Trinajstić information content (AvgIpc) is 2.40. The molecule has 2 amide bonds. The largest absolute Gasteiger partial charge is 0.480 e. The second kappa shape index (κ2) is 7.06. The number of hydrogen-bond donors (Lipinski definition) is 3. The smallest absolute Gasteiger partial charge is 0.328 e. The maximum Gasteiger partial charge on any atom is 0.328 e. The van der Waals surface area contributed by atoms with Gasteiger partial charge in [-0.2, -0.15) is 5.26 Å². The molecule has 0 fully saturated rings. The highest BCUT2D eigenvalue weighted by molar-refractivity contribution is 5.92. The van der Waals surface area contributed by atoms with Gasteiger partial charge in [-0.15, -0.1) is 0 Å². The zero-order valence-electron chi connectivity index (χ0n) is 10.5. The number of hydrogen-bond acceptors (Lipinski definition) is 4. The number of carbonyl (C=O) groups is 2. The number of amides is 2. The predicted octanol–water partition coefficient (Wildman–Crippen LogP) is 0.918. The van der Waals surface area contributed by atoms with E-state index in [4.69, 9.17) is 10.4 Å². The van der Waals surface area contributed by atoms with Crippen LogP contribution >= 0.6 is 0 Å². The van der Waals surface area contributed by atoms with Gasteiger partial charge in [-0.1, -0.05) is 0 Å². The molecule has 3 N–H and O–H groups in total. The molecule has 0 saturated heterocycles. The van der Waals surface area contributed by atoms with Crippen molar-refractivity contribution < 1.29 is 23.8 Å². The lowest BCUT2D eigenvalue weighted by Gasteiger charge is -2.14. The van der Waals surface area contributed by atoms with E-state index in [1.54, 1.807) is 6.07 Å². The van der Waals surface area contributed by atoms with Gasteiger partial charge in [-0.25, -0.2) is 14.0 Å². The fourth-order valence-corrected chi connectivity index (χ4v) is 1.36. The molecule has 0 spiro atoms. The Bertz CT molecular complexity index is 556. The Morgan fingerprint density at radius 1 is 1.55 bits per heavy atom. The highest BCUT2D eigenvalue weighted by Crippen LogP contribution is 2.13. The molecule has 0 saturated carbocycles. The van der Waals surface area contributed by atoms with Crippen LogP contribution in [0.5, 0.6) is 0 Å². The topological polar surface area (TPSA) is 111 Å². The normalized spacial score (nSPS) is 11.2. The van der Waals surface area contributed by atoms with Crippen LogP contribution < -0.4 is 10.6 Å². The number of anilines is 1. The summed E-state index contributed by atoms with van der Waals surface area (Å²) < 4.78 is 17.7. The quantitative estimate of drug-likeness (QED) is 0.743. The number of carboxylic acid groups (broad SMARTS) is 1. The molecule has 0 bridgehead atoms. The van der Waals surface area contributed by atoms with E-state index in [0.29, 0.717) is 0 Å². The molecular weight excluding hydrogens is 269 g/mol. The molecule has 20 heavy (non-hydrogen) atoms. The highest BCUT2D eigenvalue weighted by Gasteiger charge is 2.19. The van der Waals surface area contributed by atoms with Crippen LogP contribution in [0.3, 0.4) is 0 Å². The van der Waals surface area contributed by atoms with E-state index >= 15 is 0 Å². The molecule has 1 aromatic rings. The number of nitrogens with zero attached hydrogens (tertiary/aromatic N) is 1. The SMILES string of the molecule is COCC(NC(=O)Nc1ccc(F)c(C#N)c1)C(=O)O. The molecule has 8 heteroatoms. The summed E-state index contributed by atoms with van der Waals surface area (Å²) in [6.45, 7) is -0.199. The number of urea groups is 1. The fraction of sp³-hybridized carbons (Fsp3) is 0.250. The molecule has 0 aliphatic heterocycles. The van der Waals surface area contributed by atoms with E-state index in [0.717, 1.165) is 12.1 Å². The third-order valence-electron chi connectivity index (χ3n) is 2.28. The van der Waals surface area contributed by atoms with Gasteiger partial charge in [0, 0.05) is 12.8 Å². The van der Waals surface area contributed by atoms with Crippen molar-refractivity contribution in [2.45, 2.75) is 6.04 Å². The van der Waals surface area contributed by atoms with Crippen LogP contribution in [-0.4, -0.2) is 36.9 Å². The van der Waals surface area contributed by atoms with E-state index < -0.39 is 23.9 Å². The number of nitrogens with one attached hydrogen (secondary N) is 2.